The second-order valence-corrected chi connectivity index (χ2v) is 6.76. The van der Waals surface area contributed by atoms with Gasteiger partial charge >= 0.3 is 6.09 Å². The summed E-state index contributed by atoms with van der Waals surface area (Å²) in [4.78, 5) is 20.0. The molecule has 1 heterocycles. The van der Waals surface area contributed by atoms with Crippen LogP contribution in [-0.2, 0) is 11.3 Å². The Bertz CT molecular complexity index is 588. The Labute approximate surface area is 142 Å². The van der Waals surface area contributed by atoms with Crippen molar-refractivity contribution in [3.05, 3.63) is 35.6 Å². The van der Waals surface area contributed by atoms with Gasteiger partial charge in [0, 0.05) is 26.2 Å². The molecule has 0 atom stereocenters. The molecule has 0 aromatic heterocycles. The third-order valence-electron chi connectivity index (χ3n) is 3.59. The standard InChI is InChI=1S/C17H25FN4O2/c1-17(2,3)24-16(23)22-10-8-21(9-11-22)15(19)20-12-13-4-6-14(18)7-5-13/h4-7H,8-12H2,1-3H3,(H2,19,20). The number of piperazine rings is 1. The highest BCUT2D eigenvalue weighted by Crippen LogP contribution is 2.12. The monoisotopic (exact) mass is 336 g/mol. The Balaban J connectivity index is 1.83. The van der Waals surface area contributed by atoms with Gasteiger partial charge in [-0.15, -0.1) is 0 Å². The van der Waals surface area contributed by atoms with Gasteiger partial charge < -0.3 is 20.3 Å². The number of hydrogen-bond acceptors (Lipinski definition) is 3. The summed E-state index contributed by atoms with van der Waals surface area (Å²) in [6.45, 7) is 8.25. The third kappa shape index (κ3) is 5.40. The summed E-state index contributed by atoms with van der Waals surface area (Å²) < 4.78 is 18.2. The molecule has 2 rings (SSSR count). The highest BCUT2D eigenvalue weighted by atomic mass is 19.1. The summed E-state index contributed by atoms with van der Waals surface area (Å²) in [6.07, 6.45) is -0.302. The smallest absolute Gasteiger partial charge is 0.410 e. The van der Waals surface area contributed by atoms with Crippen molar-refractivity contribution in [2.75, 3.05) is 26.2 Å². The lowest BCUT2D eigenvalue weighted by Crippen LogP contribution is -2.53. The number of aliphatic imine (C=N–C) groups is 1. The average molecular weight is 336 g/mol. The molecule has 0 aliphatic carbocycles. The number of rotatable bonds is 2. The minimum absolute atomic E-state index is 0.269. The Hall–Kier alpha value is -2.31. The van der Waals surface area contributed by atoms with E-state index < -0.39 is 5.60 Å². The first-order chi connectivity index (χ1) is 11.2. The number of ether oxygens (including phenoxy) is 1. The van der Waals surface area contributed by atoms with E-state index in [2.05, 4.69) is 4.99 Å². The largest absolute Gasteiger partial charge is 0.444 e. The van der Waals surface area contributed by atoms with E-state index in [1.54, 1.807) is 17.0 Å². The van der Waals surface area contributed by atoms with Gasteiger partial charge in [-0.25, -0.2) is 14.2 Å². The highest BCUT2D eigenvalue weighted by Gasteiger charge is 2.26. The Morgan fingerprint density at radius 2 is 1.71 bits per heavy atom. The number of carbonyl (C=O) groups excluding carboxylic acids is 1. The van der Waals surface area contributed by atoms with Gasteiger partial charge in [-0.1, -0.05) is 12.1 Å². The van der Waals surface area contributed by atoms with Crippen LogP contribution in [0.5, 0.6) is 0 Å². The van der Waals surface area contributed by atoms with E-state index in [1.807, 2.05) is 25.7 Å². The minimum atomic E-state index is -0.496. The molecular formula is C17H25FN4O2. The van der Waals surface area contributed by atoms with Crippen LogP contribution in [0.3, 0.4) is 0 Å². The molecule has 0 unspecified atom stereocenters. The molecule has 0 saturated carbocycles. The number of amides is 1. The lowest BCUT2D eigenvalue weighted by molar-refractivity contribution is 0.0186. The topological polar surface area (TPSA) is 71.2 Å². The van der Waals surface area contributed by atoms with Crippen LogP contribution in [0.15, 0.2) is 29.3 Å². The molecule has 24 heavy (non-hydrogen) atoms. The van der Waals surface area contributed by atoms with Gasteiger partial charge in [0.1, 0.15) is 11.4 Å². The fourth-order valence-corrected chi connectivity index (χ4v) is 2.31. The van der Waals surface area contributed by atoms with Gasteiger partial charge in [0.05, 0.1) is 6.54 Å². The van der Waals surface area contributed by atoms with Crippen LogP contribution in [0.4, 0.5) is 9.18 Å². The van der Waals surface area contributed by atoms with E-state index in [4.69, 9.17) is 10.5 Å². The lowest BCUT2D eigenvalue weighted by atomic mass is 10.2. The summed E-state index contributed by atoms with van der Waals surface area (Å²) in [5, 5.41) is 0. The maximum atomic E-state index is 12.9. The molecule has 0 spiro atoms. The molecule has 2 N–H and O–H groups in total. The normalized spacial score (nSPS) is 16.2. The molecule has 7 heteroatoms. The van der Waals surface area contributed by atoms with Gasteiger partial charge in [0.15, 0.2) is 5.96 Å². The van der Waals surface area contributed by atoms with Crippen molar-refractivity contribution in [3.8, 4) is 0 Å². The van der Waals surface area contributed by atoms with Crippen LogP contribution >= 0.6 is 0 Å². The summed E-state index contributed by atoms with van der Waals surface area (Å²) in [5.41, 5.74) is 6.42. The van der Waals surface area contributed by atoms with Crippen molar-refractivity contribution in [1.82, 2.24) is 9.80 Å². The zero-order chi connectivity index (χ0) is 17.7. The van der Waals surface area contributed by atoms with Crippen LogP contribution in [0.2, 0.25) is 0 Å². The van der Waals surface area contributed by atoms with Gasteiger partial charge in [0.2, 0.25) is 0 Å². The van der Waals surface area contributed by atoms with Crippen molar-refractivity contribution in [2.24, 2.45) is 10.7 Å². The highest BCUT2D eigenvalue weighted by molar-refractivity contribution is 5.78. The number of carbonyl (C=O) groups is 1. The van der Waals surface area contributed by atoms with Crippen LogP contribution in [0, 0.1) is 5.82 Å². The number of guanidine groups is 1. The zero-order valence-corrected chi connectivity index (χ0v) is 14.5. The number of hydrogen-bond donors (Lipinski definition) is 1. The number of benzene rings is 1. The van der Waals surface area contributed by atoms with E-state index >= 15 is 0 Å². The fraction of sp³-hybridized carbons (Fsp3) is 0.529. The predicted molar refractivity (Wildman–Crippen MR) is 91.1 cm³/mol. The van der Waals surface area contributed by atoms with Crippen molar-refractivity contribution < 1.29 is 13.9 Å². The molecule has 132 valence electrons. The van der Waals surface area contributed by atoms with Crippen LogP contribution in [0.1, 0.15) is 26.3 Å². The van der Waals surface area contributed by atoms with Crippen LogP contribution < -0.4 is 5.73 Å². The molecule has 1 aliphatic heterocycles. The average Bonchev–Trinajstić information content (AvgIpc) is 2.52. The zero-order valence-electron chi connectivity index (χ0n) is 14.5. The first kappa shape index (κ1) is 18.0. The Morgan fingerprint density at radius 3 is 2.25 bits per heavy atom. The van der Waals surface area contributed by atoms with Crippen molar-refractivity contribution in [1.29, 1.82) is 0 Å². The number of nitrogens with zero attached hydrogens (tertiary/aromatic N) is 3. The number of nitrogens with two attached hydrogens (primary N) is 1. The molecule has 1 amide bonds. The first-order valence-corrected chi connectivity index (χ1v) is 8.02. The van der Waals surface area contributed by atoms with Gasteiger partial charge in [-0.2, -0.15) is 0 Å². The molecule has 0 radical (unpaired) electrons. The first-order valence-electron chi connectivity index (χ1n) is 8.02. The second kappa shape index (κ2) is 7.51. The molecular weight excluding hydrogens is 311 g/mol. The van der Waals surface area contributed by atoms with Gasteiger partial charge in [-0.3, -0.25) is 0 Å². The van der Waals surface area contributed by atoms with Crippen molar-refractivity contribution in [3.63, 3.8) is 0 Å². The van der Waals surface area contributed by atoms with Crippen molar-refractivity contribution >= 4 is 12.1 Å². The predicted octanol–water partition coefficient (Wildman–Crippen LogP) is 2.19. The molecule has 1 aliphatic rings. The van der Waals surface area contributed by atoms with E-state index in [-0.39, 0.29) is 11.9 Å². The molecule has 1 aromatic rings. The van der Waals surface area contributed by atoms with E-state index in [1.165, 1.54) is 12.1 Å². The van der Waals surface area contributed by atoms with E-state index in [0.717, 1.165) is 5.56 Å². The van der Waals surface area contributed by atoms with Crippen LogP contribution in [0.25, 0.3) is 0 Å². The van der Waals surface area contributed by atoms with Crippen molar-refractivity contribution in [2.45, 2.75) is 32.9 Å². The molecule has 1 saturated heterocycles. The fourth-order valence-electron chi connectivity index (χ4n) is 2.31. The van der Waals surface area contributed by atoms with E-state index in [0.29, 0.717) is 38.7 Å². The van der Waals surface area contributed by atoms with Gasteiger partial charge in [-0.05, 0) is 38.5 Å². The second-order valence-electron chi connectivity index (χ2n) is 6.76. The Kier molecular flexibility index (Phi) is 5.64. The van der Waals surface area contributed by atoms with E-state index in [9.17, 15) is 9.18 Å². The summed E-state index contributed by atoms with van der Waals surface area (Å²) >= 11 is 0. The Morgan fingerprint density at radius 1 is 1.17 bits per heavy atom. The van der Waals surface area contributed by atoms with Gasteiger partial charge in [0.25, 0.3) is 0 Å². The molecule has 1 fully saturated rings. The van der Waals surface area contributed by atoms with Crippen LogP contribution in [-0.4, -0.2) is 53.6 Å². The third-order valence-corrected chi connectivity index (χ3v) is 3.59. The summed E-state index contributed by atoms with van der Waals surface area (Å²) in [5.74, 6) is 0.164. The SMILES string of the molecule is CC(C)(C)OC(=O)N1CCN(C(N)=NCc2ccc(F)cc2)CC1. The molecule has 6 nitrogen and oxygen atoms in total. The molecule has 1 aromatic carbocycles. The maximum absolute atomic E-state index is 12.9. The number of halogens is 1. The lowest BCUT2D eigenvalue weighted by Gasteiger charge is -2.36. The quantitative estimate of drug-likeness (QED) is 0.664. The summed E-state index contributed by atoms with van der Waals surface area (Å²) in [6, 6.07) is 6.18. The minimum Gasteiger partial charge on any atom is -0.444 e. The molecule has 0 bridgehead atoms. The summed E-state index contributed by atoms with van der Waals surface area (Å²) in [7, 11) is 0. The maximum Gasteiger partial charge on any atom is 0.410 e.